The summed E-state index contributed by atoms with van der Waals surface area (Å²) < 4.78 is 1.52. The van der Waals surface area contributed by atoms with E-state index < -0.39 is 5.41 Å². The van der Waals surface area contributed by atoms with Crippen molar-refractivity contribution in [1.29, 1.82) is 0 Å². The van der Waals surface area contributed by atoms with Crippen molar-refractivity contribution in [2.75, 3.05) is 18.4 Å². The van der Waals surface area contributed by atoms with Crippen molar-refractivity contribution in [3.8, 4) is 0 Å². The first kappa shape index (κ1) is 22.1. The summed E-state index contributed by atoms with van der Waals surface area (Å²) in [6.07, 6.45) is 3.16. The van der Waals surface area contributed by atoms with Crippen molar-refractivity contribution in [2.24, 2.45) is 11.3 Å². The van der Waals surface area contributed by atoms with E-state index in [1.165, 1.54) is 10.6 Å². The number of amides is 2. The summed E-state index contributed by atoms with van der Waals surface area (Å²) in [5.41, 5.74) is 0.735. The zero-order chi connectivity index (χ0) is 21.9. The topological polar surface area (TPSA) is 71.4 Å². The fraction of sp³-hybridized carbons (Fsp3) is 0.435. The Morgan fingerprint density at radius 1 is 1.17 bits per heavy atom. The summed E-state index contributed by atoms with van der Waals surface area (Å²) in [6, 6.07) is 10.4. The third-order valence-electron chi connectivity index (χ3n) is 5.27. The number of nitrogens with one attached hydrogen (secondary N) is 1. The SMILES string of the molecule is CC(C)(C)C(=O)N1CCCC(C(=O)Nc2ccc(=O)n(Cc3ccccc3Cl)c2)C1. The van der Waals surface area contributed by atoms with Gasteiger partial charge in [0.1, 0.15) is 0 Å². The number of nitrogens with zero attached hydrogens (tertiary/aromatic N) is 2. The zero-order valence-corrected chi connectivity index (χ0v) is 18.4. The highest BCUT2D eigenvalue weighted by Crippen LogP contribution is 2.24. The predicted molar refractivity (Wildman–Crippen MR) is 119 cm³/mol. The van der Waals surface area contributed by atoms with E-state index in [1.807, 2.05) is 39.0 Å². The average molecular weight is 430 g/mol. The van der Waals surface area contributed by atoms with Crippen LogP contribution in [0.15, 0.2) is 47.4 Å². The molecule has 2 heterocycles. The van der Waals surface area contributed by atoms with Crippen molar-refractivity contribution in [2.45, 2.75) is 40.2 Å². The van der Waals surface area contributed by atoms with E-state index in [9.17, 15) is 14.4 Å². The van der Waals surface area contributed by atoms with Crippen LogP contribution in [0.4, 0.5) is 5.69 Å². The number of hydrogen-bond acceptors (Lipinski definition) is 3. The van der Waals surface area contributed by atoms with Gasteiger partial charge in [-0.05, 0) is 30.5 Å². The Hall–Kier alpha value is -2.60. The van der Waals surface area contributed by atoms with Crippen LogP contribution in [0.2, 0.25) is 5.02 Å². The zero-order valence-electron chi connectivity index (χ0n) is 17.7. The van der Waals surface area contributed by atoms with E-state index in [4.69, 9.17) is 11.6 Å². The molecule has 30 heavy (non-hydrogen) atoms. The smallest absolute Gasteiger partial charge is 0.250 e. The molecule has 1 unspecified atom stereocenters. The molecule has 1 aliphatic rings. The van der Waals surface area contributed by atoms with E-state index in [1.54, 1.807) is 23.2 Å². The molecule has 1 N–H and O–H groups in total. The number of carbonyl (C=O) groups is 2. The van der Waals surface area contributed by atoms with Gasteiger partial charge in [0.2, 0.25) is 11.8 Å². The van der Waals surface area contributed by atoms with Crippen molar-refractivity contribution in [3.63, 3.8) is 0 Å². The molecule has 1 aliphatic heterocycles. The molecule has 1 aromatic heterocycles. The normalized spacial score (nSPS) is 16.9. The first-order valence-corrected chi connectivity index (χ1v) is 10.6. The number of pyridine rings is 1. The third kappa shape index (κ3) is 5.30. The molecule has 3 rings (SSSR count). The van der Waals surface area contributed by atoms with Crippen LogP contribution in [0.5, 0.6) is 0 Å². The predicted octanol–water partition coefficient (Wildman–Crippen LogP) is 3.77. The second-order valence-corrected chi connectivity index (χ2v) is 9.21. The van der Waals surface area contributed by atoms with E-state index in [2.05, 4.69) is 5.32 Å². The maximum atomic E-state index is 12.8. The molecule has 1 saturated heterocycles. The van der Waals surface area contributed by atoms with Crippen LogP contribution in [0.3, 0.4) is 0 Å². The summed E-state index contributed by atoms with van der Waals surface area (Å²) in [5, 5.41) is 3.50. The van der Waals surface area contributed by atoms with Crippen LogP contribution >= 0.6 is 11.6 Å². The van der Waals surface area contributed by atoms with Gasteiger partial charge in [0.15, 0.2) is 0 Å². The molecule has 0 spiro atoms. The van der Waals surface area contributed by atoms with Crippen LogP contribution in [-0.2, 0) is 16.1 Å². The van der Waals surface area contributed by atoms with Crippen LogP contribution in [0, 0.1) is 11.3 Å². The Kier molecular flexibility index (Phi) is 6.66. The molecule has 0 bridgehead atoms. The van der Waals surface area contributed by atoms with E-state index in [0.29, 0.717) is 30.3 Å². The van der Waals surface area contributed by atoms with Gasteiger partial charge in [0, 0.05) is 35.8 Å². The lowest BCUT2D eigenvalue weighted by molar-refractivity contribution is -0.142. The monoisotopic (exact) mass is 429 g/mol. The molecule has 6 nitrogen and oxygen atoms in total. The molecule has 2 aromatic rings. The van der Waals surface area contributed by atoms with Gasteiger partial charge in [-0.3, -0.25) is 14.4 Å². The minimum atomic E-state index is -0.466. The number of rotatable bonds is 4. The number of piperidine rings is 1. The molecule has 160 valence electrons. The van der Waals surface area contributed by atoms with Crippen molar-refractivity contribution >= 4 is 29.1 Å². The molecule has 1 fully saturated rings. The van der Waals surface area contributed by atoms with Gasteiger partial charge in [-0.2, -0.15) is 0 Å². The molecule has 0 aliphatic carbocycles. The van der Waals surface area contributed by atoms with E-state index in [0.717, 1.165) is 18.4 Å². The number of carbonyl (C=O) groups excluding carboxylic acids is 2. The Balaban J connectivity index is 1.70. The minimum absolute atomic E-state index is 0.0632. The molecular formula is C23H28ClN3O3. The fourth-order valence-corrected chi connectivity index (χ4v) is 3.83. The van der Waals surface area contributed by atoms with Crippen LogP contribution < -0.4 is 10.9 Å². The number of likely N-dealkylation sites (tertiary alicyclic amines) is 1. The summed E-state index contributed by atoms with van der Waals surface area (Å²) in [5.74, 6) is -0.341. The highest BCUT2D eigenvalue weighted by molar-refractivity contribution is 6.31. The highest BCUT2D eigenvalue weighted by atomic mass is 35.5. The van der Waals surface area contributed by atoms with Crippen LogP contribution in [-0.4, -0.2) is 34.4 Å². The molecule has 0 saturated carbocycles. The van der Waals surface area contributed by atoms with Gasteiger partial charge in [-0.15, -0.1) is 0 Å². The Morgan fingerprint density at radius 2 is 1.90 bits per heavy atom. The summed E-state index contributed by atoms with van der Waals surface area (Å²) in [6.45, 7) is 7.09. The Labute approximate surface area is 181 Å². The maximum Gasteiger partial charge on any atom is 0.250 e. The van der Waals surface area contributed by atoms with Gasteiger partial charge in [-0.25, -0.2) is 0 Å². The van der Waals surface area contributed by atoms with Gasteiger partial charge >= 0.3 is 0 Å². The second kappa shape index (κ2) is 9.04. The molecule has 2 amide bonds. The molecule has 1 aromatic carbocycles. The van der Waals surface area contributed by atoms with E-state index in [-0.39, 0.29) is 23.3 Å². The first-order valence-electron chi connectivity index (χ1n) is 10.2. The summed E-state index contributed by atoms with van der Waals surface area (Å²) in [7, 11) is 0. The molecule has 0 radical (unpaired) electrons. The number of halogens is 1. The van der Waals surface area contributed by atoms with Crippen molar-refractivity contribution in [3.05, 3.63) is 63.5 Å². The first-order chi connectivity index (χ1) is 14.1. The standard InChI is InChI=1S/C23H28ClN3O3/c1-23(2,3)22(30)26-12-6-8-17(14-26)21(29)25-18-10-11-20(28)27(15-18)13-16-7-4-5-9-19(16)24/h4-5,7,9-11,15,17H,6,8,12-14H2,1-3H3,(H,25,29). The molecule has 1 atom stereocenters. The largest absolute Gasteiger partial charge is 0.341 e. The lowest BCUT2D eigenvalue weighted by Gasteiger charge is -2.35. The number of hydrogen-bond donors (Lipinski definition) is 1. The second-order valence-electron chi connectivity index (χ2n) is 8.80. The Bertz CT molecular complexity index is 994. The third-order valence-corrected chi connectivity index (χ3v) is 5.64. The average Bonchev–Trinajstić information content (AvgIpc) is 2.71. The van der Waals surface area contributed by atoms with Crippen LogP contribution in [0.25, 0.3) is 0 Å². The highest BCUT2D eigenvalue weighted by Gasteiger charge is 2.33. The molecular weight excluding hydrogens is 402 g/mol. The van der Waals surface area contributed by atoms with Gasteiger partial charge in [0.05, 0.1) is 18.2 Å². The van der Waals surface area contributed by atoms with Gasteiger partial charge in [-0.1, -0.05) is 50.6 Å². The van der Waals surface area contributed by atoms with Gasteiger partial charge in [0.25, 0.3) is 5.56 Å². The number of anilines is 1. The number of aromatic nitrogens is 1. The number of benzene rings is 1. The fourth-order valence-electron chi connectivity index (χ4n) is 3.63. The van der Waals surface area contributed by atoms with Crippen molar-refractivity contribution in [1.82, 2.24) is 9.47 Å². The lowest BCUT2D eigenvalue weighted by atomic mass is 9.91. The summed E-state index contributed by atoms with van der Waals surface area (Å²) >= 11 is 6.21. The Morgan fingerprint density at radius 3 is 2.60 bits per heavy atom. The van der Waals surface area contributed by atoms with Gasteiger partial charge < -0.3 is 14.8 Å². The van der Waals surface area contributed by atoms with Crippen LogP contribution in [0.1, 0.15) is 39.2 Å². The summed E-state index contributed by atoms with van der Waals surface area (Å²) in [4.78, 5) is 39.4. The van der Waals surface area contributed by atoms with Crippen molar-refractivity contribution < 1.29 is 9.59 Å². The quantitative estimate of drug-likeness (QED) is 0.804. The minimum Gasteiger partial charge on any atom is -0.341 e. The molecule has 7 heteroatoms. The van der Waals surface area contributed by atoms with E-state index >= 15 is 0 Å². The lowest BCUT2D eigenvalue weighted by Crippen LogP contribution is -2.47. The maximum absolute atomic E-state index is 12.8.